The van der Waals surface area contributed by atoms with Gasteiger partial charge in [0.25, 0.3) is 0 Å². The maximum atomic E-state index is 11.9. The van der Waals surface area contributed by atoms with Crippen LogP contribution in [-0.2, 0) is 16.0 Å². The fraction of sp³-hybridized carbons (Fsp3) is 0.500. The molecule has 0 unspecified atom stereocenters. The lowest BCUT2D eigenvalue weighted by atomic mass is 9.82. The summed E-state index contributed by atoms with van der Waals surface area (Å²) < 4.78 is 0. The molecule has 0 bridgehead atoms. The SMILES string of the molecule is O=C(CC1(C(=O)O)CCCC1)NCCc1ccccc1. The molecule has 20 heavy (non-hydrogen) atoms. The predicted molar refractivity (Wildman–Crippen MR) is 76.3 cm³/mol. The molecule has 0 atom stereocenters. The number of hydrogen-bond acceptors (Lipinski definition) is 2. The second-order valence-corrected chi connectivity index (χ2v) is 5.55. The van der Waals surface area contributed by atoms with Gasteiger partial charge in [0.15, 0.2) is 0 Å². The van der Waals surface area contributed by atoms with Crippen molar-refractivity contribution in [2.45, 2.75) is 38.5 Å². The molecule has 4 nitrogen and oxygen atoms in total. The molecule has 1 amide bonds. The molecule has 0 radical (unpaired) electrons. The smallest absolute Gasteiger partial charge is 0.310 e. The highest BCUT2D eigenvalue weighted by atomic mass is 16.4. The third-order valence-electron chi connectivity index (χ3n) is 4.09. The van der Waals surface area contributed by atoms with Gasteiger partial charge in [0, 0.05) is 13.0 Å². The molecule has 1 aliphatic rings. The Balaban J connectivity index is 1.79. The highest BCUT2D eigenvalue weighted by molar-refractivity contribution is 5.85. The molecule has 1 aliphatic carbocycles. The lowest BCUT2D eigenvalue weighted by Crippen LogP contribution is -2.36. The molecule has 0 aromatic heterocycles. The third kappa shape index (κ3) is 3.59. The lowest BCUT2D eigenvalue weighted by molar-refractivity contribution is -0.151. The third-order valence-corrected chi connectivity index (χ3v) is 4.09. The van der Waals surface area contributed by atoms with E-state index in [9.17, 15) is 14.7 Å². The van der Waals surface area contributed by atoms with Crippen molar-refractivity contribution in [1.29, 1.82) is 0 Å². The zero-order chi connectivity index (χ0) is 14.4. The number of aliphatic carboxylic acids is 1. The zero-order valence-corrected chi connectivity index (χ0v) is 11.6. The summed E-state index contributed by atoms with van der Waals surface area (Å²) in [6, 6.07) is 9.92. The number of carbonyl (C=O) groups is 2. The van der Waals surface area contributed by atoms with Gasteiger partial charge in [-0.2, -0.15) is 0 Å². The highest BCUT2D eigenvalue weighted by Crippen LogP contribution is 2.41. The van der Waals surface area contributed by atoms with Gasteiger partial charge in [0.2, 0.25) is 5.91 Å². The van der Waals surface area contributed by atoms with E-state index in [1.807, 2.05) is 30.3 Å². The monoisotopic (exact) mass is 275 g/mol. The maximum Gasteiger partial charge on any atom is 0.310 e. The van der Waals surface area contributed by atoms with Crippen molar-refractivity contribution in [2.75, 3.05) is 6.54 Å². The molecule has 0 heterocycles. The molecule has 1 aromatic rings. The largest absolute Gasteiger partial charge is 0.481 e. The summed E-state index contributed by atoms with van der Waals surface area (Å²) in [6.45, 7) is 0.554. The van der Waals surface area contributed by atoms with Gasteiger partial charge in [-0.1, -0.05) is 43.2 Å². The van der Waals surface area contributed by atoms with Crippen molar-refractivity contribution in [1.82, 2.24) is 5.32 Å². The van der Waals surface area contributed by atoms with Crippen LogP contribution in [0.2, 0.25) is 0 Å². The van der Waals surface area contributed by atoms with Gasteiger partial charge in [-0.05, 0) is 24.8 Å². The van der Waals surface area contributed by atoms with Crippen LogP contribution in [0.25, 0.3) is 0 Å². The molecule has 108 valence electrons. The second kappa shape index (κ2) is 6.55. The van der Waals surface area contributed by atoms with Crippen molar-refractivity contribution >= 4 is 11.9 Å². The van der Waals surface area contributed by atoms with Crippen LogP contribution in [0.3, 0.4) is 0 Å². The molecular weight excluding hydrogens is 254 g/mol. The van der Waals surface area contributed by atoms with Crippen LogP contribution in [-0.4, -0.2) is 23.5 Å². The van der Waals surface area contributed by atoms with Crippen molar-refractivity contribution in [3.8, 4) is 0 Å². The average molecular weight is 275 g/mol. The van der Waals surface area contributed by atoms with Gasteiger partial charge in [-0.3, -0.25) is 9.59 Å². The van der Waals surface area contributed by atoms with E-state index in [-0.39, 0.29) is 12.3 Å². The van der Waals surface area contributed by atoms with E-state index in [0.717, 1.165) is 19.3 Å². The van der Waals surface area contributed by atoms with Crippen LogP contribution >= 0.6 is 0 Å². The van der Waals surface area contributed by atoms with Crippen molar-refractivity contribution in [2.24, 2.45) is 5.41 Å². The van der Waals surface area contributed by atoms with Gasteiger partial charge in [0.1, 0.15) is 0 Å². The van der Waals surface area contributed by atoms with Crippen LogP contribution in [0.15, 0.2) is 30.3 Å². The summed E-state index contributed by atoms with van der Waals surface area (Å²) in [7, 11) is 0. The van der Waals surface area contributed by atoms with E-state index in [2.05, 4.69) is 5.32 Å². The summed E-state index contributed by atoms with van der Waals surface area (Å²) in [4.78, 5) is 23.3. The Hall–Kier alpha value is -1.84. The average Bonchev–Trinajstić information content (AvgIpc) is 2.90. The molecule has 0 saturated heterocycles. The van der Waals surface area contributed by atoms with E-state index in [1.54, 1.807) is 0 Å². The molecule has 0 spiro atoms. The fourth-order valence-corrected chi connectivity index (χ4v) is 2.88. The minimum Gasteiger partial charge on any atom is -0.481 e. The van der Waals surface area contributed by atoms with Crippen molar-refractivity contribution in [3.63, 3.8) is 0 Å². The minimum atomic E-state index is -0.826. The molecule has 1 aromatic carbocycles. The molecule has 1 fully saturated rings. The van der Waals surface area contributed by atoms with Crippen LogP contribution in [0.1, 0.15) is 37.7 Å². The first-order valence-electron chi connectivity index (χ1n) is 7.16. The summed E-state index contributed by atoms with van der Waals surface area (Å²) in [5.74, 6) is -0.974. The van der Waals surface area contributed by atoms with Gasteiger partial charge < -0.3 is 10.4 Å². The lowest BCUT2D eigenvalue weighted by Gasteiger charge is -2.22. The van der Waals surface area contributed by atoms with Gasteiger partial charge >= 0.3 is 5.97 Å². The van der Waals surface area contributed by atoms with Crippen molar-refractivity contribution in [3.05, 3.63) is 35.9 Å². The number of carboxylic acids is 1. The van der Waals surface area contributed by atoms with E-state index < -0.39 is 11.4 Å². The number of carboxylic acid groups (broad SMARTS) is 1. The summed E-state index contributed by atoms with van der Waals surface area (Å²) >= 11 is 0. The number of nitrogens with one attached hydrogen (secondary N) is 1. The number of amides is 1. The van der Waals surface area contributed by atoms with E-state index >= 15 is 0 Å². The van der Waals surface area contributed by atoms with Gasteiger partial charge in [-0.25, -0.2) is 0 Å². The predicted octanol–water partition coefficient (Wildman–Crippen LogP) is 2.38. The number of carbonyl (C=O) groups excluding carboxylic acids is 1. The Morgan fingerprint density at radius 3 is 2.40 bits per heavy atom. The molecular formula is C16H21NO3. The molecule has 2 rings (SSSR count). The minimum absolute atomic E-state index is 0.108. The summed E-state index contributed by atoms with van der Waals surface area (Å²) in [5.41, 5.74) is 0.346. The normalized spacial score (nSPS) is 16.8. The van der Waals surface area contributed by atoms with Gasteiger partial charge in [-0.15, -0.1) is 0 Å². The topological polar surface area (TPSA) is 66.4 Å². The van der Waals surface area contributed by atoms with Crippen LogP contribution < -0.4 is 5.32 Å². The summed E-state index contributed by atoms with van der Waals surface area (Å²) in [6.07, 6.45) is 3.93. The Kier molecular flexibility index (Phi) is 4.77. The first kappa shape index (κ1) is 14.6. The molecule has 4 heteroatoms. The number of hydrogen-bond donors (Lipinski definition) is 2. The zero-order valence-electron chi connectivity index (χ0n) is 11.6. The van der Waals surface area contributed by atoms with E-state index in [0.29, 0.717) is 19.4 Å². The Bertz CT molecular complexity index is 464. The standard InChI is InChI=1S/C16H21NO3/c18-14(12-16(15(19)20)9-4-5-10-16)17-11-8-13-6-2-1-3-7-13/h1-3,6-7H,4-5,8-12H2,(H,17,18)(H,19,20). The summed E-state index contributed by atoms with van der Waals surface area (Å²) in [5, 5.41) is 12.2. The fourth-order valence-electron chi connectivity index (χ4n) is 2.88. The number of benzene rings is 1. The quantitative estimate of drug-likeness (QED) is 0.837. The maximum absolute atomic E-state index is 11.9. The first-order chi connectivity index (χ1) is 9.62. The van der Waals surface area contributed by atoms with Crippen LogP contribution in [0.4, 0.5) is 0 Å². The van der Waals surface area contributed by atoms with E-state index in [4.69, 9.17) is 0 Å². The highest BCUT2D eigenvalue weighted by Gasteiger charge is 2.42. The number of rotatable bonds is 6. The van der Waals surface area contributed by atoms with E-state index in [1.165, 1.54) is 5.56 Å². The Morgan fingerprint density at radius 1 is 1.15 bits per heavy atom. The molecule has 0 aliphatic heterocycles. The molecule has 1 saturated carbocycles. The Morgan fingerprint density at radius 2 is 1.80 bits per heavy atom. The molecule has 2 N–H and O–H groups in total. The van der Waals surface area contributed by atoms with Crippen molar-refractivity contribution < 1.29 is 14.7 Å². The Labute approximate surface area is 119 Å². The van der Waals surface area contributed by atoms with Gasteiger partial charge in [0.05, 0.1) is 5.41 Å². The van der Waals surface area contributed by atoms with Crippen LogP contribution in [0, 0.1) is 5.41 Å². The second-order valence-electron chi connectivity index (χ2n) is 5.55. The first-order valence-corrected chi connectivity index (χ1v) is 7.16. The van der Waals surface area contributed by atoms with Crippen LogP contribution in [0.5, 0.6) is 0 Å².